The topological polar surface area (TPSA) is 96.9 Å². The Kier molecular flexibility index (Phi) is 7.39. The average Bonchev–Trinajstić information content (AvgIpc) is 2.74. The van der Waals surface area contributed by atoms with Crippen molar-refractivity contribution in [3.05, 3.63) is 53.2 Å². The normalized spacial score (nSPS) is 14.9. The van der Waals surface area contributed by atoms with Gasteiger partial charge in [-0.25, -0.2) is 0 Å². The number of ether oxygens (including phenoxy) is 1. The summed E-state index contributed by atoms with van der Waals surface area (Å²) in [7, 11) is -3.56. The molecule has 0 radical (unpaired) electrons. The summed E-state index contributed by atoms with van der Waals surface area (Å²) >= 11 is 4.40. The maximum absolute atomic E-state index is 12.6. The zero-order valence-electron chi connectivity index (χ0n) is 16.2. The number of hydrogen-bond acceptors (Lipinski definition) is 7. The monoisotopic (exact) mass is 513 g/mol. The van der Waals surface area contributed by atoms with Crippen molar-refractivity contribution < 1.29 is 22.7 Å². The third-order valence-electron chi connectivity index (χ3n) is 4.47. The molecule has 0 bridgehead atoms. The standard InChI is InChI=1S/C19H21AsClN3O5S/c1-2-29-18(25)14-12-16(21)17(22-13-14)23-8-10-24(11-9-23)19(26)20-30(27,28)15-6-4-3-5-7-15/h3-7,12-13,20H,2,8-11H2,1H3. The van der Waals surface area contributed by atoms with Crippen molar-refractivity contribution >= 4 is 50.8 Å². The third kappa shape index (κ3) is 5.33. The number of amides is 1. The molecule has 1 atom stereocenters. The van der Waals surface area contributed by atoms with Crippen molar-refractivity contribution in [2.45, 2.75) is 11.8 Å². The molecule has 0 spiro atoms. The molecule has 1 saturated heterocycles. The molecule has 1 aliphatic heterocycles. The molecule has 8 nitrogen and oxygen atoms in total. The van der Waals surface area contributed by atoms with E-state index in [1.165, 1.54) is 24.4 Å². The quantitative estimate of drug-likeness (QED) is 0.430. The van der Waals surface area contributed by atoms with E-state index in [9.17, 15) is 18.0 Å². The van der Waals surface area contributed by atoms with Gasteiger partial charge in [0.05, 0.1) is 0 Å². The van der Waals surface area contributed by atoms with Crippen LogP contribution < -0.4 is 4.90 Å². The first-order valence-electron chi connectivity index (χ1n) is 9.26. The van der Waals surface area contributed by atoms with Crippen LogP contribution in [0.5, 0.6) is 0 Å². The molecule has 2 aromatic rings. The van der Waals surface area contributed by atoms with E-state index in [4.69, 9.17) is 16.3 Å². The van der Waals surface area contributed by atoms with Crippen LogP contribution in [0.2, 0.25) is 5.02 Å². The van der Waals surface area contributed by atoms with Gasteiger partial charge in [-0.1, -0.05) is 0 Å². The second-order valence-corrected chi connectivity index (χ2v) is 14.1. The van der Waals surface area contributed by atoms with Crippen LogP contribution >= 0.6 is 11.6 Å². The summed E-state index contributed by atoms with van der Waals surface area (Å²) in [6.07, 6.45) is 1.41. The van der Waals surface area contributed by atoms with Crippen LogP contribution in [0.1, 0.15) is 17.3 Å². The number of carbonyl (C=O) groups excluding carboxylic acids is 2. The van der Waals surface area contributed by atoms with Crippen LogP contribution in [0.25, 0.3) is 0 Å². The summed E-state index contributed by atoms with van der Waals surface area (Å²) < 4.78 is 29.6. The van der Waals surface area contributed by atoms with Gasteiger partial charge in [0, 0.05) is 0 Å². The molecule has 1 aromatic heterocycles. The predicted octanol–water partition coefficient (Wildman–Crippen LogP) is 1.98. The molecule has 0 aliphatic carbocycles. The number of rotatable bonds is 6. The summed E-state index contributed by atoms with van der Waals surface area (Å²) in [4.78, 5) is 32.3. The number of piperazine rings is 1. The van der Waals surface area contributed by atoms with Crippen molar-refractivity contribution in [1.82, 2.24) is 9.88 Å². The summed E-state index contributed by atoms with van der Waals surface area (Å²) in [6, 6.07) is 9.56. The molecular weight excluding hydrogens is 493 g/mol. The van der Waals surface area contributed by atoms with Gasteiger partial charge in [0.15, 0.2) is 0 Å². The van der Waals surface area contributed by atoms with E-state index >= 15 is 0 Å². The number of benzene rings is 1. The zero-order chi connectivity index (χ0) is 21.7. The Hall–Kier alpha value is -2.09. The summed E-state index contributed by atoms with van der Waals surface area (Å²) in [6.45, 7) is 3.67. The van der Waals surface area contributed by atoms with E-state index in [0.717, 1.165) is 0 Å². The van der Waals surface area contributed by atoms with Gasteiger partial charge < -0.3 is 0 Å². The molecule has 0 N–H and O–H groups in total. The van der Waals surface area contributed by atoms with E-state index in [1.54, 1.807) is 30.0 Å². The van der Waals surface area contributed by atoms with E-state index in [1.807, 2.05) is 4.90 Å². The molecule has 2 heterocycles. The van der Waals surface area contributed by atoms with Crippen molar-refractivity contribution in [1.29, 1.82) is 0 Å². The molecule has 30 heavy (non-hydrogen) atoms. The van der Waals surface area contributed by atoms with Gasteiger partial charge in [0.1, 0.15) is 0 Å². The summed E-state index contributed by atoms with van der Waals surface area (Å²) in [5.41, 5.74) is 0.274. The number of esters is 1. The number of nitrogens with zero attached hydrogens (tertiary/aromatic N) is 3. The van der Waals surface area contributed by atoms with E-state index < -0.39 is 28.7 Å². The van der Waals surface area contributed by atoms with Crippen LogP contribution in [0.3, 0.4) is 0 Å². The fraction of sp³-hybridized carbons (Fsp3) is 0.316. The fourth-order valence-corrected chi connectivity index (χ4v) is 8.55. The Morgan fingerprint density at radius 2 is 1.83 bits per heavy atom. The predicted molar refractivity (Wildman–Crippen MR) is 115 cm³/mol. The van der Waals surface area contributed by atoms with E-state index in [-0.39, 0.29) is 21.8 Å². The van der Waals surface area contributed by atoms with Crippen LogP contribution in [0.4, 0.5) is 10.6 Å². The van der Waals surface area contributed by atoms with Gasteiger partial charge in [-0.2, -0.15) is 0 Å². The molecule has 1 unspecified atom stereocenters. The van der Waals surface area contributed by atoms with Gasteiger partial charge in [-0.3, -0.25) is 0 Å². The minimum absolute atomic E-state index is 0.189. The first-order chi connectivity index (χ1) is 14.3. The van der Waals surface area contributed by atoms with Gasteiger partial charge in [-0.05, 0) is 6.92 Å². The van der Waals surface area contributed by atoms with Crippen LogP contribution in [0.15, 0.2) is 47.5 Å². The first kappa shape index (κ1) is 22.6. The molecule has 1 aliphatic rings. The second-order valence-electron chi connectivity index (χ2n) is 6.45. The number of halogens is 1. The van der Waals surface area contributed by atoms with Gasteiger partial charge in [-0.15, -0.1) is 0 Å². The van der Waals surface area contributed by atoms with Crippen molar-refractivity contribution in [3.8, 4) is 0 Å². The van der Waals surface area contributed by atoms with Gasteiger partial charge in [0.25, 0.3) is 0 Å². The Morgan fingerprint density at radius 3 is 2.43 bits per heavy atom. The molecule has 160 valence electrons. The average molecular weight is 514 g/mol. The summed E-state index contributed by atoms with van der Waals surface area (Å²) in [5, 5.41) is 0.320. The van der Waals surface area contributed by atoms with Crippen LogP contribution in [-0.2, 0) is 12.8 Å². The Bertz CT molecular complexity index is 1030. The number of pyridine rings is 1. The second kappa shape index (κ2) is 9.81. The van der Waals surface area contributed by atoms with Crippen molar-refractivity contribution in [3.63, 3.8) is 0 Å². The number of anilines is 1. The fourth-order valence-electron chi connectivity index (χ4n) is 2.95. The molecule has 11 heteroatoms. The van der Waals surface area contributed by atoms with E-state index in [2.05, 4.69) is 4.98 Å². The number of carbonyl (C=O) groups is 2. The SMILES string of the molecule is CCOC(=O)c1cnc(N2CCN(C(=O)[AsH]S(=O)(=O)c3ccccc3)CC2)c(Cl)c1. The van der Waals surface area contributed by atoms with Gasteiger partial charge in [0.2, 0.25) is 0 Å². The Morgan fingerprint density at radius 1 is 1.17 bits per heavy atom. The van der Waals surface area contributed by atoms with Crippen LogP contribution in [0, 0.1) is 0 Å². The molecule has 1 aromatic carbocycles. The summed E-state index contributed by atoms with van der Waals surface area (Å²) in [5.74, 6) is 0.0303. The molecule has 1 fully saturated rings. The van der Waals surface area contributed by atoms with Crippen LogP contribution in [-0.4, -0.2) is 76.3 Å². The van der Waals surface area contributed by atoms with Crippen molar-refractivity contribution in [2.75, 3.05) is 37.7 Å². The first-order valence-corrected chi connectivity index (χ1v) is 14.7. The van der Waals surface area contributed by atoms with E-state index in [0.29, 0.717) is 37.0 Å². The number of hydrogen-bond donors (Lipinski definition) is 0. The van der Waals surface area contributed by atoms with Gasteiger partial charge >= 0.3 is 179 Å². The molecular formula is C19H21AsClN3O5S. The Labute approximate surface area is 185 Å². The Balaban J connectivity index is 1.61. The number of aromatic nitrogens is 1. The molecule has 1 amide bonds. The zero-order valence-corrected chi connectivity index (χ0v) is 19.9. The maximum atomic E-state index is 12.6. The molecule has 0 saturated carbocycles. The minimum atomic E-state index is -3.56. The third-order valence-corrected chi connectivity index (χ3v) is 11.0. The van der Waals surface area contributed by atoms with Crippen molar-refractivity contribution in [2.24, 2.45) is 0 Å². The molecule has 3 rings (SSSR count).